The fourth-order valence-electron chi connectivity index (χ4n) is 2.15. The summed E-state index contributed by atoms with van der Waals surface area (Å²) < 4.78 is 10.7. The molecule has 4 nitrogen and oxygen atoms in total. The van der Waals surface area contributed by atoms with Crippen molar-refractivity contribution in [3.8, 4) is 11.5 Å². The molecule has 0 aliphatic carbocycles. The first-order valence-electron chi connectivity index (χ1n) is 6.97. The van der Waals surface area contributed by atoms with Crippen LogP contribution in [0.3, 0.4) is 0 Å². The average molecular weight is 298 g/mol. The van der Waals surface area contributed by atoms with Gasteiger partial charge in [-0.15, -0.1) is 0 Å². The lowest BCUT2D eigenvalue weighted by Gasteiger charge is -2.09. The first kappa shape index (κ1) is 15.6. The van der Waals surface area contributed by atoms with Gasteiger partial charge in [0.15, 0.2) is 0 Å². The summed E-state index contributed by atoms with van der Waals surface area (Å²) in [6.07, 6.45) is 1.61. The molecule has 0 saturated carbocycles. The predicted octanol–water partition coefficient (Wildman–Crippen LogP) is 3.72. The number of benzene rings is 2. The van der Waals surface area contributed by atoms with E-state index in [0.29, 0.717) is 23.7 Å². The monoisotopic (exact) mass is 298 g/mol. The Hall–Kier alpha value is -2.75. The topological polar surface area (TPSA) is 55.8 Å². The van der Waals surface area contributed by atoms with Gasteiger partial charge in [-0.05, 0) is 36.8 Å². The summed E-state index contributed by atoms with van der Waals surface area (Å²) in [5, 5.41) is 9.53. The molecule has 2 rings (SSSR count). The van der Waals surface area contributed by atoms with Crippen LogP contribution in [0.15, 0.2) is 48.5 Å². The minimum absolute atomic E-state index is 0.172. The third-order valence-corrected chi connectivity index (χ3v) is 3.11. The molecule has 0 spiro atoms. The molecule has 22 heavy (non-hydrogen) atoms. The van der Waals surface area contributed by atoms with Crippen molar-refractivity contribution in [2.75, 3.05) is 13.7 Å². The summed E-state index contributed by atoms with van der Waals surface area (Å²) in [4.78, 5) is 11.6. The smallest absolute Gasteiger partial charge is 0.336 e. The minimum Gasteiger partial charge on any atom is -0.496 e. The second kappa shape index (κ2) is 7.31. The molecule has 0 unspecified atom stereocenters. The zero-order chi connectivity index (χ0) is 15.9. The first-order valence-corrected chi connectivity index (χ1v) is 6.97. The molecule has 0 radical (unpaired) electrons. The molecule has 0 heterocycles. The number of hydrogen-bond donors (Lipinski definition) is 1. The van der Waals surface area contributed by atoms with Crippen molar-refractivity contribution < 1.29 is 19.4 Å². The number of ether oxygens (including phenoxy) is 2. The molecule has 0 aliphatic rings. The quantitative estimate of drug-likeness (QED) is 0.652. The van der Waals surface area contributed by atoms with E-state index in [1.807, 2.05) is 31.2 Å². The zero-order valence-corrected chi connectivity index (χ0v) is 12.6. The van der Waals surface area contributed by atoms with Crippen LogP contribution in [-0.2, 0) is 4.79 Å². The predicted molar refractivity (Wildman–Crippen MR) is 86.1 cm³/mol. The van der Waals surface area contributed by atoms with Crippen LogP contribution in [0.25, 0.3) is 11.6 Å². The van der Waals surface area contributed by atoms with Crippen molar-refractivity contribution in [1.29, 1.82) is 0 Å². The van der Waals surface area contributed by atoms with Crippen LogP contribution in [0.4, 0.5) is 0 Å². The summed E-state index contributed by atoms with van der Waals surface area (Å²) in [6, 6.07) is 14.4. The molecule has 0 aromatic heterocycles. The highest BCUT2D eigenvalue weighted by atomic mass is 16.5. The highest BCUT2D eigenvalue weighted by Gasteiger charge is 2.15. The molecular weight excluding hydrogens is 280 g/mol. The van der Waals surface area contributed by atoms with Crippen LogP contribution < -0.4 is 9.47 Å². The van der Waals surface area contributed by atoms with E-state index < -0.39 is 5.97 Å². The van der Waals surface area contributed by atoms with Crippen molar-refractivity contribution >= 4 is 17.6 Å². The van der Waals surface area contributed by atoms with Crippen LogP contribution in [0.1, 0.15) is 18.1 Å². The Kier molecular flexibility index (Phi) is 5.20. The average Bonchev–Trinajstić information content (AvgIpc) is 2.53. The molecule has 0 atom stereocenters. The lowest BCUT2D eigenvalue weighted by molar-refractivity contribution is -0.130. The normalized spacial score (nSPS) is 11.1. The van der Waals surface area contributed by atoms with Crippen LogP contribution >= 0.6 is 0 Å². The molecule has 2 aromatic carbocycles. The third-order valence-electron chi connectivity index (χ3n) is 3.11. The lowest BCUT2D eigenvalue weighted by atomic mass is 10.0. The Morgan fingerprint density at radius 2 is 1.95 bits per heavy atom. The summed E-state index contributed by atoms with van der Waals surface area (Å²) >= 11 is 0. The zero-order valence-electron chi connectivity index (χ0n) is 12.6. The minimum atomic E-state index is -1.01. The van der Waals surface area contributed by atoms with Crippen LogP contribution in [0.5, 0.6) is 11.5 Å². The Labute approximate surface area is 129 Å². The molecule has 0 aliphatic heterocycles. The number of rotatable bonds is 6. The van der Waals surface area contributed by atoms with E-state index in [9.17, 15) is 9.90 Å². The second-order valence-electron chi connectivity index (χ2n) is 4.57. The number of methoxy groups -OCH3 is 1. The van der Waals surface area contributed by atoms with Gasteiger partial charge in [0.25, 0.3) is 0 Å². The van der Waals surface area contributed by atoms with Gasteiger partial charge < -0.3 is 14.6 Å². The second-order valence-corrected chi connectivity index (χ2v) is 4.57. The van der Waals surface area contributed by atoms with Gasteiger partial charge in [-0.2, -0.15) is 0 Å². The van der Waals surface area contributed by atoms with Gasteiger partial charge in [0, 0.05) is 5.56 Å². The van der Waals surface area contributed by atoms with E-state index in [1.165, 1.54) is 7.11 Å². The maximum absolute atomic E-state index is 11.6. The van der Waals surface area contributed by atoms with Gasteiger partial charge >= 0.3 is 5.97 Å². The largest absolute Gasteiger partial charge is 0.496 e. The van der Waals surface area contributed by atoms with Gasteiger partial charge in [0.1, 0.15) is 11.5 Å². The summed E-state index contributed by atoms with van der Waals surface area (Å²) in [6.45, 7) is 2.46. The standard InChI is InChI=1S/C18H18O4/c1-3-22-14-8-6-7-13(11-14)12-16(18(19)20)15-9-4-5-10-17(15)21-2/h4-12H,3H2,1-2H3,(H,19,20)/b16-12+. The third kappa shape index (κ3) is 3.67. The highest BCUT2D eigenvalue weighted by molar-refractivity contribution is 6.21. The van der Waals surface area contributed by atoms with Gasteiger partial charge in [-0.3, -0.25) is 0 Å². The van der Waals surface area contributed by atoms with Crippen molar-refractivity contribution in [3.63, 3.8) is 0 Å². The SMILES string of the molecule is CCOc1cccc(/C=C(/C(=O)O)c2ccccc2OC)c1. The number of para-hydroxylation sites is 1. The van der Waals surface area contributed by atoms with Crippen molar-refractivity contribution in [1.82, 2.24) is 0 Å². The fraction of sp³-hybridized carbons (Fsp3) is 0.167. The first-order chi connectivity index (χ1) is 10.7. The van der Waals surface area contributed by atoms with Crippen molar-refractivity contribution in [2.24, 2.45) is 0 Å². The Bertz CT molecular complexity index is 689. The van der Waals surface area contributed by atoms with Gasteiger partial charge in [0.05, 0.1) is 19.3 Å². The molecule has 0 amide bonds. The number of carbonyl (C=O) groups is 1. The van der Waals surface area contributed by atoms with E-state index in [0.717, 1.165) is 5.56 Å². The fourth-order valence-corrected chi connectivity index (χ4v) is 2.15. The van der Waals surface area contributed by atoms with Crippen molar-refractivity contribution in [3.05, 3.63) is 59.7 Å². The van der Waals surface area contributed by atoms with Crippen LogP contribution in [0.2, 0.25) is 0 Å². The summed E-state index contributed by atoms with van der Waals surface area (Å²) in [5.74, 6) is 0.226. The van der Waals surface area contributed by atoms with E-state index in [1.54, 1.807) is 30.3 Å². The van der Waals surface area contributed by atoms with Gasteiger partial charge in [0.2, 0.25) is 0 Å². The molecule has 0 bridgehead atoms. The lowest BCUT2D eigenvalue weighted by Crippen LogP contribution is -2.02. The number of aliphatic carboxylic acids is 1. The molecule has 4 heteroatoms. The Balaban J connectivity index is 2.48. The van der Waals surface area contributed by atoms with E-state index in [-0.39, 0.29) is 5.57 Å². The van der Waals surface area contributed by atoms with Crippen LogP contribution in [-0.4, -0.2) is 24.8 Å². The van der Waals surface area contributed by atoms with E-state index in [4.69, 9.17) is 9.47 Å². The molecule has 1 N–H and O–H groups in total. The molecular formula is C18H18O4. The molecule has 0 saturated heterocycles. The number of carboxylic acids is 1. The van der Waals surface area contributed by atoms with Gasteiger partial charge in [-0.1, -0.05) is 30.3 Å². The maximum atomic E-state index is 11.6. The molecule has 114 valence electrons. The molecule has 2 aromatic rings. The van der Waals surface area contributed by atoms with Crippen molar-refractivity contribution in [2.45, 2.75) is 6.92 Å². The summed E-state index contributed by atoms with van der Waals surface area (Å²) in [7, 11) is 1.52. The van der Waals surface area contributed by atoms with Crippen LogP contribution in [0, 0.1) is 0 Å². The highest BCUT2D eigenvalue weighted by Crippen LogP contribution is 2.28. The van der Waals surface area contributed by atoms with E-state index >= 15 is 0 Å². The van der Waals surface area contributed by atoms with E-state index in [2.05, 4.69) is 0 Å². The summed E-state index contributed by atoms with van der Waals surface area (Å²) in [5.41, 5.74) is 1.47. The van der Waals surface area contributed by atoms with Gasteiger partial charge in [-0.25, -0.2) is 4.79 Å². The molecule has 0 fully saturated rings. The number of hydrogen-bond acceptors (Lipinski definition) is 3. The number of carboxylic acid groups (broad SMARTS) is 1. The Morgan fingerprint density at radius 1 is 1.18 bits per heavy atom. The maximum Gasteiger partial charge on any atom is 0.336 e. The Morgan fingerprint density at radius 3 is 2.64 bits per heavy atom.